The van der Waals surface area contributed by atoms with Crippen LogP contribution in [0.5, 0.6) is 0 Å². The molecular weight excluding hydrogens is 416 g/mol. The lowest BCUT2D eigenvalue weighted by molar-refractivity contribution is -0.117. The molecule has 6 nitrogen and oxygen atoms in total. The van der Waals surface area contributed by atoms with E-state index in [2.05, 4.69) is 42.5 Å². The molecule has 1 aromatic carbocycles. The van der Waals surface area contributed by atoms with Gasteiger partial charge in [-0.1, -0.05) is 27.7 Å². The second kappa shape index (κ2) is 6.15. The minimum absolute atomic E-state index is 0.0448. The van der Waals surface area contributed by atoms with Crippen LogP contribution in [-0.2, 0) is 4.79 Å². The van der Waals surface area contributed by atoms with Gasteiger partial charge in [0.25, 0.3) is 5.24 Å². The largest absolute Gasteiger partial charge is 0.478 e. The highest BCUT2D eigenvalue weighted by Gasteiger charge is 2.29. The maximum atomic E-state index is 12.0. The Morgan fingerprint density at radius 1 is 1.40 bits per heavy atom. The van der Waals surface area contributed by atoms with Crippen LogP contribution in [0.4, 0.5) is 10.5 Å². The van der Waals surface area contributed by atoms with Crippen molar-refractivity contribution in [1.82, 2.24) is 5.32 Å². The summed E-state index contributed by atoms with van der Waals surface area (Å²) in [6, 6.07) is 2.36. The van der Waals surface area contributed by atoms with E-state index in [1.165, 1.54) is 6.07 Å². The van der Waals surface area contributed by atoms with Gasteiger partial charge in [0, 0.05) is 14.7 Å². The SMILES string of the molecule is O=C1NC(C(=O)Nc2c(Br)cc(Br)cc2C(=O)O)CS1. The van der Waals surface area contributed by atoms with E-state index in [1.54, 1.807) is 6.07 Å². The fourth-order valence-corrected chi connectivity index (χ4v) is 3.71. The summed E-state index contributed by atoms with van der Waals surface area (Å²) in [5.74, 6) is -1.29. The number of amides is 2. The summed E-state index contributed by atoms with van der Waals surface area (Å²) in [6.45, 7) is 0. The summed E-state index contributed by atoms with van der Waals surface area (Å²) in [5, 5.41) is 13.9. The minimum atomic E-state index is -1.16. The summed E-state index contributed by atoms with van der Waals surface area (Å²) in [4.78, 5) is 34.3. The number of aromatic carboxylic acids is 1. The highest BCUT2D eigenvalue weighted by Crippen LogP contribution is 2.31. The van der Waals surface area contributed by atoms with Gasteiger partial charge >= 0.3 is 5.97 Å². The average molecular weight is 424 g/mol. The van der Waals surface area contributed by atoms with E-state index < -0.39 is 17.9 Å². The molecule has 0 bridgehead atoms. The Morgan fingerprint density at radius 2 is 2.10 bits per heavy atom. The summed E-state index contributed by atoms with van der Waals surface area (Å²) in [5.41, 5.74) is 0.119. The van der Waals surface area contributed by atoms with Crippen LogP contribution in [-0.4, -0.2) is 34.0 Å². The number of carboxylic acid groups (broad SMARTS) is 1. The molecule has 1 unspecified atom stereocenters. The van der Waals surface area contributed by atoms with Crippen LogP contribution in [0.3, 0.4) is 0 Å². The van der Waals surface area contributed by atoms with Gasteiger partial charge in [-0.15, -0.1) is 0 Å². The third kappa shape index (κ3) is 3.33. The predicted molar refractivity (Wildman–Crippen MR) is 82.2 cm³/mol. The molecule has 20 heavy (non-hydrogen) atoms. The van der Waals surface area contributed by atoms with Gasteiger partial charge < -0.3 is 15.7 Å². The molecule has 1 heterocycles. The van der Waals surface area contributed by atoms with Gasteiger partial charge in [-0.3, -0.25) is 9.59 Å². The lowest BCUT2D eigenvalue weighted by Gasteiger charge is -2.14. The van der Waals surface area contributed by atoms with Crippen molar-refractivity contribution in [1.29, 1.82) is 0 Å². The predicted octanol–water partition coefficient (Wildman–Crippen LogP) is 2.67. The third-order valence-corrected chi connectivity index (χ3v) is 4.49. The van der Waals surface area contributed by atoms with Gasteiger partial charge in [-0.25, -0.2) is 4.79 Å². The van der Waals surface area contributed by atoms with Crippen molar-refractivity contribution in [2.75, 3.05) is 11.1 Å². The molecule has 1 saturated heterocycles. The standard InChI is InChI=1S/C11H8Br2N2O4S/c12-4-1-5(10(17)18)8(6(13)2-4)15-9(16)7-3-20-11(19)14-7/h1-2,7H,3H2,(H,14,19)(H,15,16)(H,17,18). The Bertz CT molecular complexity index is 608. The Kier molecular flexibility index (Phi) is 4.71. The molecule has 0 saturated carbocycles. The zero-order valence-corrected chi connectivity index (χ0v) is 13.8. The Morgan fingerprint density at radius 3 is 2.65 bits per heavy atom. The number of benzene rings is 1. The fourth-order valence-electron chi connectivity index (χ4n) is 1.61. The van der Waals surface area contributed by atoms with Crippen molar-refractivity contribution < 1.29 is 19.5 Å². The molecule has 0 aromatic heterocycles. The number of nitrogens with one attached hydrogen (secondary N) is 2. The number of hydrogen-bond donors (Lipinski definition) is 3. The molecular formula is C11H8Br2N2O4S. The molecule has 1 fully saturated rings. The molecule has 1 atom stereocenters. The van der Waals surface area contributed by atoms with Gasteiger partial charge in [0.15, 0.2) is 0 Å². The number of hydrogen-bond acceptors (Lipinski definition) is 4. The van der Waals surface area contributed by atoms with Crippen LogP contribution in [0.15, 0.2) is 21.1 Å². The van der Waals surface area contributed by atoms with Gasteiger partial charge in [0.1, 0.15) is 6.04 Å². The van der Waals surface area contributed by atoms with E-state index in [1.807, 2.05) is 0 Å². The molecule has 1 aromatic rings. The number of thioether (sulfide) groups is 1. The van der Waals surface area contributed by atoms with E-state index in [0.717, 1.165) is 11.8 Å². The van der Waals surface area contributed by atoms with Crippen molar-refractivity contribution in [3.05, 3.63) is 26.6 Å². The number of rotatable bonds is 3. The van der Waals surface area contributed by atoms with Gasteiger partial charge in [-0.05, 0) is 28.1 Å². The Hall–Kier alpha value is -1.06. The van der Waals surface area contributed by atoms with Crippen LogP contribution < -0.4 is 10.6 Å². The number of carbonyl (C=O) groups excluding carboxylic acids is 2. The number of anilines is 1. The summed E-state index contributed by atoms with van der Waals surface area (Å²) < 4.78 is 1.01. The van der Waals surface area contributed by atoms with Crippen molar-refractivity contribution >= 4 is 66.4 Å². The lowest BCUT2D eigenvalue weighted by Crippen LogP contribution is -2.39. The smallest absolute Gasteiger partial charge is 0.337 e. The number of carboxylic acids is 1. The summed E-state index contributed by atoms with van der Waals surface area (Å²) in [7, 11) is 0. The first kappa shape index (κ1) is 15.3. The number of carbonyl (C=O) groups is 3. The molecule has 2 rings (SSSR count). The monoisotopic (exact) mass is 422 g/mol. The van der Waals surface area contributed by atoms with Crippen LogP contribution in [0.25, 0.3) is 0 Å². The van der Waals surface area contributed by atoms with E-state index in [9.17, 15) is 14.4 Å². The molecule has 2 amide bonds. The zero-order valence-electron chi connectivity index (χ0n) is 9.78. The third-order valence-electron chi connectivity index (χ3n) is 2.52. The van der Waals surface area contributed by atoms with Gasteiger partial charge in [0.2, 0.25) is 5.91 Å². The zero-order chi connectivity index (χ0) is 14.9. The average Bonchev–Trinajstić information content (AvgIpc) is 2.78. The summed E-state index contributed by atoms with van der Waals surface area (Å²) >= 11 is 7.42. The Balaban J connectivity index is 2.26. The molecule has 1 aliphatic heterocycles. The summed E-state index contributed by atoms with van der Waals surface area (Å²) in [6.07, 6.45) is 0. The topological polar surface area (TPSA) is 95.5 Å². The van der Waals surface area contributed by atoms with Gasteiger partial charge in [0.05, 0.1) is 11.3 Å². The lowest BCUT2D eigenvalue weighted by atomic mass is 10.1. The molecule has 3 N–H and O–H groups in total. The quantitative estimate of drug-likeness (QED) is 0.694. The van der Waals surface area contributed by atoms with Crippen LogP contribution in [0.1, 0.15) is 10.4 Å². The molecule has 9 heteroatoms. The number of halogens is 2. The molecule has 0 radical (unpaired) electrons. The molecule has 0 aliphatic carbocycles. The highest BCUT2D eigenvalue weighted by atomic mass is 79.9. The minimum Gasteiger partial charge on any atom is -0.478 e. The second-order valence-electron chi connectivity index (χ2n) is 3.90. The van der Waals surface area contributed by atoms with E-state index in [0.29, 0.717) is 14.7 Å². The van der Waals surface area contributed by atoms with Crippen molar-refractivity contribution in [2.24, 2.45) is 0 Å². The van der Waals surface area contributed by atoms with Crippen molar-refractivity contribution in [3.8, 4) is 0 Å². The van der Waals surface area contributed by atoms with Crippen molar-refractivity contribution in [2.45, 2.75) is 6.04 Å². The maximum absolute atomic E-state index is 12.0. The van der Waals surface area contributed by atoms with Crippen LogP contribution in [0.2, 0.25) is 0 Å². The van der Waals surface area contributed by atoms with Crippen molar-refractivity contribution in [3.63, 3.8) is 0 Å². The van der Waals surface area contributed by atoms with E-state index >= 15 is 0 Å². The molecule has 0 spiro atoms. The first-order valence-corrected chi connectivity index (χ1v) is 7.92. The first-order chi connectivity index (χ1) is 9.38. The van der Waals surface area contributed by atoms with E-state index in [4.69, 9.17) is 5.11 Å². The Labute approximate surface area is 134 Å². The van der Waals surface area contributed by atoms with Crippen LogP contribution in [0, 0.1) is 0 Å². The normalized spacial score (nSPS) is 17.7. The highest BCUT2D eigenvalue weighted by molar-refractivity contribution is 9.11. The molecule has 106 valence electrons. The molecule has 1 aliphatic rings. The van der Waals surface area contributed by atoms with E-state index in [-0.39, 0.29) is 16.5 Å². The second-order valence-corrected chi connectivity index (χ2v) is 6.66. The fraction of sp³-hybridized carbons (Fsp3) is 0.182. The van der Waals surface area contributed by atoms with Gasteiger partial charge in [-0.2, -0.15) is 0 Å². The van der Waals surface area contributed by atoms with Crippen LogP contribution >= 0.6 is 43.6 Å². The first-order valence-electron chi connectivity index (χ1n) is 5.35. The maximum Gasteiger partial charge on any atom is 0.337 e.